The van der Waals surface area contributed by atoms with Gasteiger partial charge in [-0.15, -0.1) is 0 Å². The second-order valence-corrected chi connectivity index (χ2v) is 3.73. The molecule has 0 amide bonds. The lowest BCUT2D eigenvalue weighted by Gasteiger charge is -2.05. The predicted octanol–water partition coefficient (Wildman–Crippen LogP) is 1.45. The van der Waals surface area contributed by atoms with Gasteiger partial charge in [-0.05, 0) is 11.1 Å². The van der Waals surface area contributed by atoms with Crippen LogP contribution in [0, 0.1) is 11.3 Å². The maximum absolute atomic E-state index is 8.93. The standard InChI is InChI=1S/C13H12N4O/c14-5-12-7-17-13(8-15-12)16-6-10-1-3-11(9-18)4-2-10/h1-4,7-8,18H,6,9H2,(H,16,17). The Morgan fingerprint density at radius 1 is 1.11 bits per heavy atom. The zero-order chi connectivity index (χ0) is 12.8. The molecule has 2 aromatic rings. The lowest BCUT2D eigenvalue weighted by Crippen LogP contribution is -2.02. The smallest absolute Gasteiger partial charge is 0.158 e. The maximum atomic E-state index is 8.93. The van der Waals surface area contributed by atoms with Crippen LogP contribution in [-0.2, 0) is 13.2 Å². The average molecular weight is 240 g/mol. The first-order valence-electron chi connectivity index (χ1n) is 5.46. The molecule has 0 bridgehead atoms. The normalized spacial score (nSPS) is 9.78. The molecule has 90 valence electrons. The van der Waals surface area contributed by atoms with E-state index in [1.807, 2.05) is 30.3 Å². The lowest BCUT2D eigenvalue weighted by molar-refractivity contribution is 0.282. The Labute approximate surface area is 105 Å². The van der Waals surface area contributed by atoms with Crippen molar-refractivity contribution in [1.29, 1.82) is 5.26 Å². The Hall–Kier alpha value is -2.45. The summed E-state index contributed by atoms with van der Waals surface area (Å²) in [5.74, 6) is 0.625. The second kappa shape index (κ2) is 5.75. The van der Waals surface area contributed by atoms with E-state index in [0.29, 0.717) is 18.1 Å². The molecule has 0 aliphatic carbocycles. The number of aliphatic hydroxyl groups is 1. The molecular weight excluding hydrogens is 228 g/mol. The lowest BCUT2D eigenvalue weighted by atomic mass is 10.1. The quantitative estimate of drug-likeness (QED) is 0.845. The van der Waals surface area contributed by atoms with Crippen LogP contribution in [0.3, 0.4) is 0 Å². The molecule has 0 spiro atoms. The van der Waals surface area contributed by atoms with Gasteiger partial charge in [-0.3, -0.25) is 0 Å². The van der Waals surface area contributed by atoms with Crippen LogP contribution in [-0.4, -0.2) is 15.1 Å². The second-order valence-electron chi connectivity index (χ2n) is 3.73. The summed E-state index contributed by atoms with van der Waals surface area (Å²) in [7, 11) is 0. The minimum absolute atomic E-state index is 0.0504. The van der Waals surface area contributed by atoms with E-state index in [4.69, 9.17) is 10.4 Å². The molecular formula is C13H12N4O. The minimum atomic E-state index is 0.0504. The van der Waals surface area contributed by atoms with Gasteiger partial charge in [0.25, 0.3) is 0 Å². The Balaban J connectivity index is 1.95. The molecule has 2 N–H and O–H groups in total. The first-order valence-corrected chi connectivity index (χ1v) is 5.46. The number of nitriles is 1. The van der Waals surface area contributed by atoms with Crippen LogP contribution in [0.1, 0.15) is 16.8 Å². The van der Waals surface area contributed by atoms with Crippen LogP contribution in [0.4, 0.5) is 5.82 Å². The summed E-state index contributed by atoms with van der Waals surface area (Å²) >= 11 is 0. The molecule has 1 heterocycles. The van der Waals surface area contributed by atoms with E-state index in [-0.39, 0.29) is 6.61 Å². The van der Waals surface area contributed by atoms with Gasteiger partial charge < -0.3 is 10.4 Å². The third-order valence-corrected chi connectivity index (χ3v) is 2.45. The van der Waals surface area contributed by atoms with E-state index in [1.165, 1.54) is 12.4 Å². The molecule has 1 aromatic heterocycles. The van der Waals surface area contributed by atoms with Crippen molar-refractivity contribution >= 4 is 5.82 Å². The van der Waals surface area contributed by atoms with Gasteiger partial charge in [0.2, 0.25) is 0 Å². The van der Waals surface area contributed by atoms with Crippen LogP contribution in [0.25, 0.3) is 0 Å². The molecule has 0 unspecified atom stereocenters. The highest BCUT2D eigenvalue weighted by Crippen LogP contribution is 2.07. The third kappa shape index (κ3) is 3.03. The molecule has 0 saturated carbocycles. The number of rotatable bonds is 4. The number of nitrogens with zero attached hydrogens (tertiary/aromatic N) is 3. The van der Waals surface area contributed by atoms with Gasteiger partial charge in [0, 0.05) is 6.54 Å². The molecule has 1 aromatic carbocycles. The van der Waals surface area contributed by atoms with E-state index < -0.39 is 0 Å². The molecule has 5 heteroatoms. The van der Waals surface area contributed by atoms with Gasteiger partial charge in [-0.2, -0.15) is 5.26 Å². The van der Waals surface area contributed by atoms with Crippen LogP contribution < -0.4 is 5.32 Å². The monoisotopic (exact) mass is 240 g/mol. The van der Waals surface area contributed by atoms with E-state index >= 15 is 0 Å². The van der Waals surface area contributed by atoms with E-state index in [1.54, 1.807) is 0 Å². The molecule has 0 saturated heterocycles. The largest absolute Gasteiger partial charge is 0.392 e. The maximum Gasteiger partial charge on any atom is 0.158 e. The van der Waals surface area contributed by atoms with Crippen LogP contribution >= 0.6 is 0 Å². The van der Waals surface area contributed by atoms with Gasteiger partial charge in [0.1, 0.15) is 11.9 Å². The fraction of sp³-hybridized carbons (Fsp3) is 0.154. The topological polar surface area (TPSA) is 81.8 Å². The first-order chi connectivity index (χ1) is 8.81. The van der Waals surface area contributed by atoms with E-state index in [2.05, 4.69) is 15.3 Å². The fourth-order valence-electron chi connectivity index (χ4n) is 1.43. The molecule has 5 nitrogen and oxygen atoms in total. The zero-order valence-corrected chi connectivity index (χ0v) is 9.67. The van der Waals surface area contributed by atoms with Crippen LogP contribution in [0.15, 0.2) is 36.7 Å². The molecule has 0 aliphatic rings. The van der Waals surface area contributed by atoms with Crippen molar-refractivity contribution in [1.82, 2.24) is 9.97 Å². The molecule has 0 atom stereocenters. The van der Waals surface area contributed by atoms with Crippen molar-refractivity contribution in [3.05, 3.63) is 53.5 Å². The number of hydrogen-bond donors (Lipinski definition) is 2. The summed E-state index contributed by atoms with van der Waals surface area (Å²) in [6, 6.07) is 9.55. The van der Waals surface area contributed by atoms with Crippen molar-refractivity contribution in [3.63, 3.8) is 0 Å². The summed E-state index contributed by atoms with van der Waals surface area (Å²) in [6.07, 6.45) is 2.96. The molecule has 2 rings (SSSR count). The highest BCUT2D eigenvalue weighted by molar-refractivity contribution is 5.35. The zero-order valence-electron chi connectivity index (χ0n) is 9.67. The van der Waals surface area contributed by atoms with Crippen LogP contribution in [0.5, 0.6) is 0 Å². The van der Waals surface area contributed by atoms with E-state index in [9.17, 15) is 0 Å². The number of aromatic nitrogens is 2. The Kier molecular flexibility index (Phi) is 3.84. The van der Waals surface area contributed by atoms with Crippen molar-refractivity contribution in [2.24, 2.45) is 0 Å². The van der Waals surface area contributed by atoms with Gasteiger partial charge in [0.05, 0.1) is 19.0 Å². The average Bonchev–Trinajstić information content (AvgIpc) is 2.46. The Bertz CT molecular complexity index is 543. The predicted molar refractivity (Wildman–Crippen MR) is 66.4 cm³/mol. The van der Waals surface area contributed by atoms with Gasteiger partial charge in [0.15, 0.2) is 5.69 Å². The highest BCUT2D eigenvalue weighted by Gasteiger charge is 1.97. The number of nitrogens with one attached hydrogen (secondary N) is 1. The summed E-state index contributed by atoms with van der Waals surface area (Å²) in [6.45, 7) is 0.668. The summed E-state index contributed by atoms with van der Waals surface area (Å²) in [5.41, 5.74) is 2.27. The Morgan fingerprint density at radius 3 is 2.39 bits per heavy atom. The van der Waals surface area contributed by atoms with Crippen LogP contribution in [0.2, 0.25) is 0 Å². The minimum Gasteiger partial charge on any atom is -0.392 e. The number of anilines is 1. The molecule has 0 fully saturated rings. The highest BCUT2D eigenvalue weighted by atomic mass is 16.3. The van der Waals surface area contributed by atoms with Gasteiger partial charge >= 0.3 is 0 Å². The van der Waals surface area contributed by atoms with Gasteiger partial charge in [-0.1, -0.05) is 24.3 Å². The molecule has 0 aliphatic heterocycles. The third-order valence-electron chi connectivity index (χ3n) is 2.45. The molecule has 0 radical (unpaired) electrons. The summed E-state index contributed by atoms with van der Waals surface area (Å²) in [5, 5.41) is 20.6. The van der Waals surface area contributed by atoms with Crippen molar-refractivity contribution in [3.8, 4) is 6.07 Å². The van der Waals surface area contributed by atoms with E-state index in [0.717, 1.165) is 11.1 Å². The fourth-order valence-corrected chi connectivity index (χ4v) is 1.43. The van der Waals surface area contributed by atoms with Crippen molar-refractivity contribution in [2.75, 3.05) is 5.32 Å². The molecule has 18 heavy (non-hydrogen) atoms. The number of hydrogen-bond acceptors (Lipinski definition) is 5. The van der Waals surface area contributed by atoms with Crippen molar-refractivity contribution < 1.29 is 5.11 Å². The van der Waals surface area contributed by atoms with Crippen molar-refractivity contribution in [2.45, 2.75) is 13.2 Å². The van der Waals surface area contributed by atoms with Gasteiger partial charge in [-0.25, -0.2) is 9.97 Å². The first kappa shape index (κ1) is 12.0. The summed E-state index contributed by atoms with van der Waals surface area (Å²) < 4.78 is 0. The summed E-state index contributed by atoms with van der Waals surface area (Å²) in [4.78, 5) is 7.98. The number of aliphatic hydroxyl groups excluding tert-OH is 1. The Morgan fingerprint density at radius 2 is 1.83 bits per heavy atom. The number of benzene rings is 1. The SMILES string of the molecule is N#Cc1cnc(NCc2ccc(CO)cc2)cn1.